The van der Waals surface area contributed by atoms with Crippen LogP contribution in [-0.2, 0) is 27.9 Å². The van der Waals surface area contributed by atoms with Crippen molar-refractivity contribution in [2.75, 3.05) is 19.8 Å². The Labute approximate surface area is 392 Å². The minimum Gasteiger partial charge on any atom is -0.457 e. The first kappa shape index (κ1) is 60.5. The summed E-state index contributed by atoms with van der Waals surface area (Å²) < 4.78 is 34.2. The molecular weight excluding hydrogens is 848 g/mol. The van der Waals surface area contributed by atoms with Gasteiger partial charge in [0.05, 0.1) is 13.2 Å². The highest BCUT2D eigenvalue weighted by Gasteiger charge is 2.51. The van der Waals surface area contributed by atoms with Crippen molar-refractivity contribution in [3.05, 3.63) is 85.1 Å². The lowest BCUT2D eigenvalue weighted by molar-refractivity contribution is -0.220. The Kier molecular flexibility index (Phi) is 38.8. The van der Waals surface area contributed by atoms with Crippen LogP contribution in [0.25, 0.3) is 0 Å². The highest BCUT2D eigenvalue weighted by atomic mass is 31.2. The van der Waals surface area contributed by atoms with E-state index in [-0.39, 0.29) is 13.0 Å². The molecule has 0 spiro atoms. The van der Waals surface area contributed by atoms with Gasteiger partial charge >= 0.3 is 13.8 Å². The average Bonchev–Trinajstić information content (AvgIpc) is 3.29. The zero-order valence-corrected chi connectivity index (χ0v) is 40.9. The molecule has 0 aromatic carbocycles. The van der Waals surface area contributed by atoms with Gasteiger partial charge < -0.3 is 39.9 Å². The zero-order chi connectivity index (χ0) is 47.6. The van der Waals surface area contributed by atoms with Crippen molar-refractivity contribution < 1.29 is 58.3 Å². The fourth-order valence-electron chi connectivity index (χ4n) is 7.04. The fraction of sp³-hybridized carbons (Fsp3) is 0.712. The molecule has 13 heteroatoms. The van der Waals surface area contributed by atoms with Gasteiger partial charge in [-0.15, -0.1) is 0 Å². The highest BCUT2D eigenvalue weighted by Crippen LogP contribution is 2.47. The quantitative estimate of drug-likeness (QED) is 0.0147. The van der Waals surface area contributed by atoms with Crippen molar-refractivity contribution in [2.45, 2.75) is 217 Å². The number of phosphoric ester groups is 1. The molecule has 1 rings (SSSR count). The normalized spacial score (nSPS) is 22.3. The monoisotopic (exact) mass is 937 g/mol. The number of aliphatic hydroxyl groups excluding tert-OH is 5. The second kappa shape index (κ2) is 41.7. The zero-order valence-electron chi connectivity index (χ0n) is 40.0. The summed E-state index contributed by atoms with van der Waals surface area (Å²) in [6.07, 6.45) is 43.5. The Morgan fingerprint density at radius 1 is 0.508 bits per heavy atom. The van der Waals surface area contributed by atoms with Crippen LogP contribution in [0.1, 0.15) is 174 Å². The standard InChI is InChI=1S/C52H89O12P/c1-3-5-7-9-11-13-15-17-19-20-21-22-23-24-25-26-27-29-31-33-35-37-39-41-46(53)63-45(44-62-65(59,60)64-52-50(57)48(55)47(54)49(56)51(52)58)43-61-42-40-38-36-34-32-30-28-18-16-14-12-10-8-6-4-2/h5,7,10-13,16-19,21-22,24-25,45,47-52,54-58H,3-4,6,8-9,14-15,20,23,26-44H2,1-2H3,(H,59,60)/b7-5-,12-10-,13-11-,18-16-,19-17-,22-21-,25-24-. The summed E-state index contributed by atoms with van der Waals surface area (Å²) in [5, 5.41) is 50.3. The Morgan fingerprint density at radius 3 is 1.38 bits per heavy atom. The van der Waals surface area contributed by atoms with E-state index in [9.17, 15) is 39.8 Å². The predicted octanol–water partition coefficient (Wildman–Crippen LogP) is 10.9. The summed E-state index contributed by atoms with van der Waals surface area (Å²) >= 11 is 0. The number of carbonyl (C=O) groups excluding carboxylic acids is 1. The molecule has 374 valence electrons. The van der Waals surface area contributed by atoms with E-state index in [1.165, 1.54) is 12.8 Å². The van der Waals surface area contributed by atoms with Crippen LogP contribution in [0.3, 0.4) is 0 Å². The molecule has 0 bridgehead atoms. The van der Waals surface area contributed by atoms with Gasteiger partial charge in [0.2, 0.25) is 0 Å². The molecular formula is C52H89O12P. The molecule has 0 saturated heterocycles. The van der Waals surface area contributed by atoms with E-state index in [0.29, 0.717) is 13.0 Å². The summed E-state index contributed by atoms with van der Waals surface area (Å²) in [4.78, 5) is 23.2. The minimum absolute atomic E-state index is 0.0935. The number of ether oxygens (including phenoxy) is 2. The van der Waals surface area contributed by atoms with E-state index in [4.69, 9.17) is 18.5 Å². The minimum atomic E-state index is -5.03. The van der Waals surface area contributed by atoms with E-state index in [1.54, 1.807) is 0 Å². The third-order valence-electron chi connectivity index (χ3n) is 11.0. The largest absolute Gasteiger partial charge is 0.472 e. The Bertz CT molecular complexity index is 1390. The molecule has 6 unspecified atom stereocenters. The second-order valence-corrected chi connectivity index (χ2v) is 18.3. The van der Waals surface area contributed by atoms with Gasteiger partial charge in [-0.25, -0.2) is 4.57 Å². The molecule has 12 nitrogen and oxygen atoms in total. The maximum atomic E-state index is 12.8. The third-order valence-corrected chi connectivity index (χ3v) is 12.0. The molecule has 0 aromatic heterocycles. The fourth-order valence-corrected chi connectivity index (χ4v) is 8.02. The predicted molar refractivity (Wildman–Crippen MR) is 262 cm³/mol. The third kappa shape index (κ3) is 33.6. The molecule has 0 amide bonds. The van der Waals surface area contributed by atoms with Gasteiger partial charge in [-0.1, -0.05) is 170 Å². The molecule has 1 saturated carbocycles. The average molecular weight is 937 g/mol. The number of carbonyl (C=O) groups is 1. The van der Waals surface area contributed by atoms with Crippen molar-refractivity contribution in [3.63, 3.8) is 0 Å². The van der Waals surface area contributed by atoms with Crippen LogP contribution in [0.2, 0.25) is 0 Å². The van der Waals surface area contributed by atoms with Crippen molar-refractivity contribution in [1.29, 1.82) is 0 Å². The van der Waals surface area contributed by atoms with Crippen molar-refractivity contribution in [3.8, 4) is 0 Å². The molecule has 6 atom stereocenters. The van der Waals surface area contributed by atoms with Gasteiger partial charge in [0, 0.05) is 13.0 Å². The number of hydrogen-bond acceptors (Lipinski definition) is 11. The van der Waals surface area contributed by atoms with Gasteiger partial charge in [-0.05, 0) is 83.5 Å². The number of phosphoric acid groups is 1. The van der Waals surface area contributed by atoms with Gasteiger partial charge in [0.15, 0.2) is 0 Å². The summed E-state index contributed by atoms with van der Waals surface area (Å²) in [7, 11) is -5.03. The van der Waals surface area contributed by atoms with Gasteiger partial charge in [0.1, 0.15) is 42.7 Å². The molecule has 1 aliphatic rings. The van der Waals surface area contributed by atoms with E-state index in [1.807, 2.05) is 0 Å². The summed E-state index contributed by atoms with van der Waals surface area (Å²) in [5.41, 5.74) is 0. The van der Waals surface area contributed by atoms with Gasteiger partial charge in [-0.2, -0.15) is 0 Å². The van der Waals surface area contributed by atoms with Crippen molar-refractivity contribution in [1.82, 2.24) is 0 Å². The maximum absolute atomic E-state index is 12.8. The van der Waals surface area contributed by atoms with Crippen molar-refractivity contribution >= 4 is 13.8 Å². The molecule has 0 aliphatic heterocycles. The van der Waals surface area contributed by atoms with Gasteiger partial charge in [-0.3, -0.25) is 13.8 Å². The topological polar surface area (TPSA) is 192 Å². The molecule has 0 heterocycles. The summed E-state index contributed by atoms with van der Waals surface area (Å²) in [5.74, 6) is -0.496. The van der Waals surface area contributed by atoms with E-state index in [2.05, 4.69) is 98.9 Å². The summed E-state index contributed by atoms with van der Waals surface area (Å²) in [6, 6.07) is 0. The van der Waals surface area contributed by atoms with Crippen LogP contribution < -0.4 is 0 Å². The Hall–Kier alpha value is -2.48. The van der Waals surface area contributed by atoms with Crippen LogP contribution in [0.4, 0.5) is 0 Å². The number of esters is 1. The smallest absolute Gasteiger partial charge is 0.457 e. The van der Waals surface area contributed by atoms with Crippen LogP contribution in [-0.4, -0.2) is 98.9 Å². The van der Waals surface area contributed by atoms with Crippen LogP contribution >= 0.6 is 7.82 Å². The molecule has 6 N–H and O–H groups in total. The Morgan fingerprint density at radius 2 is 0.908 bits per heavy atom. The number of aliphatic hydroxyl groups is 5. The first-order valence-electron chi connectivity index (χ1n) is 24.9. The van der Waals surface area contributed by atoms with Crippen LogP contribution in [0.15, 0.2) is 85.1 Å². The lowest BCUT2D eigenvalue weighted by atomic mass is 9.85. The van der Waals surface area contributed by atoms with Crippen LogP contribution in [0, 0.1) is 0 Å². The molecule has 0 radical (unpaired) electrons. The lowest BCUT2D eigenvalue weighted by Crippen LogP contribution is -2.64. The SMILES string of the molecule is CC/C=C\C/C=C\C/C=C\C/C=C\C/C=C\CCCCCCCCCC(=O)OC(COCCCCCCCC/C=C\C/C=C\CCCC)COP(=O)(O)OC1C(O)C(O)C(O)C(O)C1O. The first-order chi connectivity index (χ1) is 31.5. The van der Waals surface area contributed by atoms with Crippen LogP contribution in [0.5, 0.6) is 0 Å². The maximum Gasteiger partial charge on any atom is 0.472 e. The molecule has 0 aromatic rings. The number of rotatable bonds is 41. The molecule has 1 aliphatic carbocycles. The molecule has 1 fully saturated rings. The summed E-state index contributed by atoms with van der Waals surface area (Å²) in [6.45, 7) is 4.06. The second-order valence-electron chi connectivity index (χ2n) is 16.9. The van der Waals surface area contributed by atoms with E-state index >= 15 is 0 Å². The van der Waals surface area contributed by atoms with Gasteiger partial charge in [0.25, 0.3) is 0 Å². The highest BCUT2D eigenvalue weighted by molar-refractivity contribution is 7.47. The van der Waals surface area contributed by atoms with E-state index in [0.717, 1.165) is 135 Å². The number of hydrogen-bond donors (Lipinski definition) is 6. The Balaban J connectivity index is 2.37. The lowest BCUT2D eigenvalue weighted by Gasteiger charge is -2.41. The number of allylic oxidation sites excluding steroid dienone is 14. The number of unbranched alkanes of at least 4 members (excludes halogenated alkanes) is 15. The first-order valence-corrected chi connectivity index (χ1v) is 26.4. The molecule has 65 heavy (non-hydrogen) atoms. The van der Waals surface area contributed by atoms with E-state index < -0.39 is 63.1 Å². The van der Waals surface area contributed by atoms with Crippen molar-refractivity contribution in [2.24, 2.45) is 0 Å².